The SMILES string of the molecule is CCNC(=NCc1cccnc1N1CCC(C(N)=O)CC1)NCc1ccccc1C. The first kappa shape index (κ1) is 21.6. The average molecular weight is 409 g/mol. The molecule has 0 spiro atoms. The number of amides is 1. The number of pyridine rings is 1. The summed E-state index contributed by atoms with van der Waals surface area (Å²) in [5.41, 5.74) is 9.05. The summed E-state index contributed by atoms with van der Waals surface area (Å²) in [6.45, 7) is 7.79. The molecule has 0 saturated carbocycles. The van der Waals surface area contributed by atoms with Crippen molar-refractivity contribution in [3.63, 3.8) is 0 Å². The molecule has 1 aliphatic heterocycles. The third kappa shape index (κ3) is 5.72. The number of aliphatic imine (C=N–C) groups is 1. The second-order valence-corrected chi connectivity index (χ2v) is 7.63. The van der Waals surface area contributed by atoms with Crippen LogP contribution in [-0.2, 0) is 17.9 Å². The van der Waals surface area contributed by atoms with Crippen LogP contribution in [0.15, 0.2) is 47.6 Å². The Balaban J connectivity index is 1.67. The highest BCUT2D eigenvalue weighted by Crippen LogP contribution is 2.24. The van der Waals surface area contributed by atoms with E-state index in [0.717, 1.165) is 56.4 Å². The molecule has 0 bridgehead atoms. The van der Waals surface area contributed by atoms with E-state index in [1.54, 1.807) is 0 Å². The van der Waals surface area contributed by atoms with Crippen molar-refractivity contribution in [3.05, 3.63) is 59.3 Å². The van der Waals surface area contributed by atoms with Crippen molar-refractivity contribution in [3.8, 4) is 0 Å². The Morgan fingerprint density at radius 2 is 1.90 bits per heavy atom. The van der Waals surface area contributed by atoms with Crippen LogP contribution < -0.4 is 21.3 Å². The fourth-order valence-corrected chi connectivity index (χ4v) is 3.71. The Morgan fingerprint density at radius 3 is 2.60 bits per heavy atom. The minimum atomic E-state index is -0.199. The van der Waals surface area contributed by atoms with Gasteiger partial charge < -0.3 is 21.3 Å². The van der Waals surface area contributed by atoms with Crippen LogP contribution in [0.1, 0.15) is 36.5 Å². The summed E-state index contributed by atoms with van der Waals surface area (Å²) < 4.78 is 0. The number of hydrogen-bond acceptors (Lipinski definition) is 4. The number of primary amides is 1. The van der Waals surface area contributed by atoms with Crippen molar-refractivity contribution < 1.29 is 4.79 Å². The minimum Gasteiger partial charge on any atom is -0.369 e. The number of nitrogens with zero attached hydrogens (tertiary/aromatic N) is 3. The van der Waals surface area contributed by atoms with Crippen molar-refractivity contribution in [1.29, 1.82) is 0 Å². The molecule has 0 atom stereocenters. The highest BCUT2D eigenvalue weighted by molar-refractivity contribution is 5.80. The summed E-state index contributed by atoms with van der Waals surface area (Å²) in [6, 6.07) is 12.4. The van der Waals surface area contributed by atoms with Gasteiger partial charge in [-0.2, -0.15) is 0 Å². The van der Waals surface area contributed by atoms with Crippen LogP contribution in [0, 0.1) is 12.8 Å². The highest BCUT2D eigenvalue weighted by atomic mass is 16.1. The number of nitrogens with two attached hydrogens (primary N) is 1. The van der Waals surface area contributed by atoms with Crippen LogP contribution in [0.4, 0.5) is 5.82 Å². The number of anilines is 1. The van der Waals surface area contributed by atoms with E-state index in [9.17, 15) is 4.79 Å². The van der Waals surface area contributed by atoms with Gasteiger partial charge in [-0.3, -0.25) is 4.79 Å². The van der Waals surface area contributed by atoms with E-state index in [4.69, 9.17) is 10.7 Å². The summed E-state index contributed by atoms with van der Waals surface area (Å²) >= 11 is 0. The number of nitrogens with one attached hydrogen (secondary N) is 2. The molecule has 2 heterocycles. The summed E-state index contributed by atoms with van der Waals surface area (Å²) in [6.07, 6.45) is 3.36. The van der Waals surface area contributed by atoms with Gasteiger partial charge >= 0.3 is 0 Å². The van der Waals surface area contributed by atoms with Gasteiger partial charge in [0.2, 0.25) is 5.91 Å². The third-order valence-corrected chi connectivity index (χ3v) is 5.52. The first-order valence-electron chi connectivity index (χ1n) is 10.6. The second kappa shape index (κ2) is 10.6. The molecule has 1 amide bonds. The van der Waals surface area contributed by atoms with Crippen LogP contribution >= 0.6 is 0 Å². The van der Waals surface area contributed by atoms with E-state index >= 15 is 0 Å². The van der Waals surface area contributed by atoms with E-state index < -0.39 is 0 Å². The lowest BCUT2D eigenvalue weighted by Gasteiger charge is -2.32. The van der Waals surface area contributed by atoms with Crippen molar-refractivity contribution >= 4 is 17.7 Å². The van der Waals surface area contributed by atoms with Gasteiger partial charge in [0.05, 0.1) is 6.54 Å². The summed E-state index contributed by atoms with van der Waals surface area (Å²) in [4.78, 5) is 23.1. The molecule has 0 radical (unpaired) electrons. The third-order valence-electron chi connectivity index (χ3n) is 5.52. The van der Waals surface area contributed by atoms with Gasteiger partial charge in [-0.15, -0.1) is 0 Å². The van der Waals surface area contributed by atoms with Gasteiger partial charge in [0, 0.05) is 43.9 Å². The summed E-state index contributed by atoms with van der Waals surface area (Å²) in [5, 5.41) is 6.73. The molecule has 4 N–H and O–H groups in total. The maximum Gasteiger partial charge on any atom is 0.220 e. The van der Waals surface area contributed by atoms with Crippen LogP contribution in [-0.4, -0.2) is 36.5 Å². The summed E-state index contributed by atoms with van der Waals surface area (Å²) in [7, 11) is 0. The first-order valence-corrected chi connectivity index (χ1v) is 10.6. The monoisotopic (exact) mass is 408 g/mol. The number of rotatable bonds is 7. The zero-order chi connectivity index (χ0) is 21.3. The van der Waals surface area contributed by atoms with Crippen LogP contribution in [0.5, 0.6) is 0 Å². The zero-order valence-corrected chi connectivity index (χ0v) is 17.9. The molecule has 7 heteroatoms. The topological polar surface area (TPSA) is 95.6 Å². The lowest BCUT2D eigenvalue weighted by molar-refractivity contribution is -0.122. The molecule has 30 heavy (non-hydrogen) atoms. The van der Waals surface area contributed by atoms with Crippen LogP contribution in [0.3, 0.4) is 0 Å². The van der Waals surface area contributed by atoms with Crippen molar-refractivity contribution in [2.24, 2.45) is 16.6 Å². The molecule has 0 aliphatic carbocycles. The number of hydrogen-bond donors (Lipinski definition) is 3. The number of carbonyl (C=O) groups is 1. The van der Waals surface area contributed by atoms with Gasteiger partial charge in [-0.25, -0.2) is 9.98 Å². The number of aryl methyl sites for hydroxylation is 1. The second-order valence-electron chi connectivity index (χ2n) is 7.63. The molecule has 7 nitrogen and oxygen atoms in total. The Morgan fingerprint density at radius 1 is 1.17 bits per heavy atom. The average Bonchev–Trinajstić information content (AvgIpc) is 2.77. The Kier molecular flexibility index (Phi) is 7.65. The van der Waals surface area contributed by atoms with Crippen molar-refractivity contribution in [2.75, 3.05) is 24.5 Å². The number of guanidine groups is 1. The predicted molar refractivity (Wildman–Crippen MR) is 121 cm³/mol. The maximum atomic E-state index is 11.4. The first-order chi connectivity index (χ1) is 14.6. The Labute approximate surface area is 178 Å². The fourth-order valence-electron chi connectivity index (χ4n) is 3.71. The smallest absolute Gasteiger partial charge is 0.220 e. The van der Waals surface area contributed by atoms with Gasteiger partial charge in [-0.05, 0) is 43.9 Å². The number of benzene rings is 1. The largest absolute Gasteiger partial charge is 0.369 e. The fraction of sp³-hybridized carbons (Fsp3) is 0.435. The van der Waals surface area contributed by atoms with Crippen LogP contribution in [0.2, 0.25) is 0 Å². The van der Waals surface area contributed by atoms with E-state index in [2.05, 4.69) is 58.6 Å². The van der Waals surface area contributed by atoms with E-state index in [-0.39, 0.29) is 11.8 Å². The molecule has 1 aromatic carbocycles. The van der Waals surface area contributed by atoms with Gasteiger partial charge in [0.1, 0.15) is 5.82 Å². The summed E-state index contributed by atoms with van der Waals surface area (Å²) in [5.74, 6) is 1.50. The molecular formula is C23H32N6O. The molecule has 160 valence electrons. The highest BCUT2D eigenvalue weighted by Gasteiger charge is 2.24. The van der Waals surface area contributed by atoms with Crippen LogP contribution in [0.25, 0.3) is 0 Å². The molecule has 2 aromatic rings. The number of piperidine rings is 1. The van der Waals surface area contributed by atoms with E-state index in [1.807, 2.05) is 18.3 Å². The molecule has 1 saturated heterocycles. The predicted octanol–water partition coefficient (Wildman–Crippen LogP) is 2.35. The normalized spacial score (nSPS) is 15.1. The van der Waals surface area contributed by atoms with Crippen molar-refractivity contribution in [2.45, 2.75) is 39.8 Å². The zero-order valence-electron chi connectivity index (χ0n) is 17.9. The lowest BCUT2D eigenvalue weighted by atomic mass is 9.96. The van der Waals surface area contributed by atoms with Gasteiger partial charge in [-0.1, -0.05) is 30.3 Å². The molecule has 3 rings (SSSR count). The molecular weight excluding hydrogens is 376 g/mol. The number of aromatic nitrogens is 1. The molecule has 1 aliphatic rings. The minimum absolute atomic E-state index is 0.0302. The van der Waals surface area contributed by atoms with Gasteiger partial charge in [0.15, 0.2) is 5.96 Å². The molecule has 1 aromatic heterocycles. The molecule has 0 unspecified atom stereocenters. The molecule has 1 fully saturated rings. The maximum absolute atomic E-state index is 11.4. The van der Waals surface area contributed by atoms with Gasteiger partial charge in [0.25, 0.3) is 0 Å². The standard InChI is InChI=1S/C23H32N6O/c1-3-25-23(27-15-19-8-5-4-7-17(19)2)28-16-20-9-6-12-26-22(20)29-13-10-18(11-14-29)21(24)30/h4-9,12,18H,3,10-11,13-16H2,1-2H3,(H2,24,30)(H2,25,27,28). The quantitative estimate of drug-likeness (QED) is 0.483. The Hall–Kier alpha value is -3.09. The van der Waals surface area contributed by atoms with E-state index in [1.165, 1.54) is 11.1 Å². The van der Waals surface area contributed by atoms with Crippen molar-refractivity contribution in [1.82, 2.24) is 15.6 Å². The van der Waals surface area contributed by atoms with E-state index in [0.29, 0.717) is 6.54 Å². The number of carbonyl (C=O) groups excluding carboxylic acids is 1. The Bertz CT molecular complexity index is 874. The lowest BCUT2D eigenvalue weighted by Crippen LogP contribution is -2.39.